The fraction of sp³-hybridized carbons (Fsp3) is 0.574. The van der Waals surface area contributed by atoms with Gasteiger partial charge in [-0.05, 0) is 86.2 Å². The normalized spacial score (nSPS) is 12.9. The van der Waals surface area contributed by atoms with Crippen molar-refractivity contribution in [1.29, 1.82) is 0 Å². The number of hydrogen-bond donors (Lipinski definition) is 2. The first kappa shape index (κ1) is 58.5. The summed E-state index contributed by atoms with van der Waals surface area (Å²) in [6, 6.07) is 16.1. The Morgan fingerprint density at radius 2 is 1.44 bits per heavy atom. The SMILES string of the molecule is CCN(CC)c1ccc2nc3c4ccc(OCCCCCCCCCCCCOCC(COP(=O)([O-])OCC[NH3+])OC(=O)CCCCCCCCCCNc5ccc([N+](=O)[O-])c6nonc56)cc4c(=O)cc-3oc2c1. The first-order valence-electron chi connectivity index (χ1n) is 27.0. The first-order chi connectivity index (χ1) is 36.5. The molecule has 1 aliphatic heterocycles. The molecule has 6 rings (SSSR count). The minimum Gasteiger partial charge on any atom is -0.756 e. The number of nitrogens with one attached hydrogen (secondary N) is 1. The van der Waals surface area contributed by atoms with Gasteiger partial charge in [0.15, 0.2) is 22.3 Å². The summed E-state index contributed by atoms with van der Waals surface area (Å²) in [4.78, 5) is 55.9. The van der Waals surface area contributed by atoms with Crippen molar-refractivity contribution in [2.24, 2.45) is 0 Å². The summed E-state index contributed by atoms with van der Waals surface area (Å²) >= 11 is 0. The Balaban J connectivity index is 0.771. The van der Waals surface area contributed by atoms with Crippen LogP contribution in [0, 0.1) is 10.1 Å². The molecule has 2 unspecified atom stereocenters. The Labute approximate surface area is 438 Å². The van der Waals surface area contributed by atoms with Crippen LogP contribution in [0.15, 0.2) is 68.4 Å². The Bertz CT molecular complexity index is 2770. The van der Waals surface area contributed by atoms with Gasteiger partial charge in [-0.3, -0.25) is 24.3 Å². The number of phosphoric ester groups is 1. The number of benzene rings is 4. The van der Waals surface area contributed by atoms with Gasteiger partial charge in [0.25, 0.3) is 7.82 Å². The number of nitrogens with zero attached hydrogens (tertiary/aromatic N) is 5. The summed E-state index contributed by atoms with van der Waals surface area (Å²) in [5, 5.41) is 23.2. The second-order valence-electron chi connectivity index (χ2n) is 18.8. The third-order valence-corrected chi connectivity index (χ3v) is 14.1. The highest BCUT2D eigenvalue weighted by molar-refractivity contribution is 7.45. The average Bonchev–Trinajstić information content (AvgIpc) is 3.91. The van der Waals surface area contributed by atoms with E-state index in [4.69, 9.17) is 37.3 Å². The van der Waals surface area contributed by atoms with Crippen molar-refractivity contribution in [3.05, 3.63) is 74.9 Å². The number of ether oxygens (including phenoxy) is 3. The molecule has 0 saturated carbocycles. The van der Waals surface area contributed by atoms with Crippen LogP contribution < -0.4 is 31.0 Å². The van der Waals surface area contributed by atoms with E-state index in [1.807, 2.05) is 30.3 Å². The molecule has 2 aliphatic rings. The van der Waals surface area contributed by atoms with Gasteiger partial charge in [0, 0.05) is 67.3 Å². The van der Waals surface area contributed by atoms with Crippen LogP contribution >= 0.6 is 7.82 Å². The molecular weight excluding hydrogens is 986 g/mol. The highest BCUT2D eigenvalue weighted by Gasteiger charge is 2.22. The number of non-ortho nitro benzene ring substituents is 1. The van der Waals surface area contributed by atoms with Gasteiger partial charge in [0.05, 0.1) is 37.0 Å². The predicted octanol–water partition coefficient (Wildman–Crippen LogP) is 10.3. The quantitative estimate of drug-likeness (QED) is 0.00690. The van der Waals surface area contributed by atoms with E-state index in [1.165, 1.54) is 25.0 Å². The number of phosphoric acid groups is 1. The fourth-order valence-electron chi connectivity index (χ4n) is 9.01. The summed E-state index contributed by atoms with van der Waals surface area (Å²) in [7, 11) is -4.57. The maximum absolute atomic E-state index is 13.2. The zero-order valence-electron chi connectivity index (χ0n) is 43.8. The van der Waals surface area contributed by atoms with Crippen molar-refractivity contribution in [2.75, 3.05) is 69.4 Å². The van der Waals surface area contributed by atoms with Gasteiger partial charge in [0.2, 0.25) is 5.52 Å². The number of fused-ring (bicyclic) bond motifs is 5. The highest BCUT2D eigenvalue weighted by Crippen LogP contribution is 2.38. The maximum atomic E-state index is 13.2. The van der Waals surface area contributed by atoms with Gasteiger partial charge >= 0.3 is 11.7 Å². The molecule has 0 amide bonds. The molecule has 3 aromatic carbocycles. The van der Waals surface area contributed by atoms with Gasteiger partial charge in [-0.15, -0.1) is 0 Å². The summed E-state index contributed by atoms with van der Waals surface area (Å²) in [5.41, 5.74) is 7.53. The molecule has 0 bridgehead atoms. The van der Waals surface area contributed by atoms with E-state index < -0.39 is 24.8 Å². The largest absolute Gasteiger partial charge is 0.756 e. The fourth-order valence-corrected chi connectivity index (χ4v) is 9.79. The van der Waals surface area contributed by atoms with Crippen LogP contribution in [0.3, 0.4) is 0 Å². The number of esters is 1. The Morgan fingerprint density at radius 3 is 2.13 bits per heavy atom. The van der Waals surface area contributed by atoms with Crippen molar-refractivity contribution in [2.45, 2.75) is 142 Å². The molecular formula is C54H76N7O13P. The number of carbonyl (C=O) groups excluding carboxylic acids is 1. The number of aromatic nitrogens is 3. The van der Waals surface area contributed by atoms with Gasteiger partial charge < -0.3 is 48.5 Å². The molecule has 410 valence electrons. The topological polar surface area (TPSA) is 271 Å². The molecule has 1 aliphatic carbocycles. The van der Waals surface area contributed by atoms with Crippen LogP contribution in [-0.2, 0) is 27.9 Å². The van der Waals surface area contributed by atoms with Crippen molar-refractivity contribution >= 4 is 63.8 Å². The molecule has 0 radical (unpaired) electrons. The number of anilines is 2. The monoisotopic (exact) mass is 1060 g/mol. The van der Waals surface area contributed by atoms with Gasteiger partial charge in [-0.2, -0.15) is 0 Å². The lowest BCUT2D eigenvalue weighted by Crippen LogP contribution is -2.52. The number of rotatable bonds is 39. The minimum absolute atomic E-state index is 0.0168. The zero-order valence-corrected chi connectivity index (χ0v) is 44.7. The molecule has 75 heavy (non-hydrogen) atoms. The van der Waals surface area contributed by atoms with Crippen LogP contribution in [0.2, 0.25) is 0 Å². The van der Waals surface area contributed by atoms with Crippen LogP contribution in [-0.4, -0.2) is 91.5 Å². The minimum atomic E-state index is -4.57. The molecule has 0 fully saturated rings. The van der Waals surface area contributed by atoms with Crippen LogP contribution in [0.4, 0.5) is 17.1 Å². The molecule has 20 nitrogen and oxygen atoms in total. The van der Waals surface area contributed by atoms with Crippen molar-refractivity contribution < 1.29 is 57.2 Å². The second kappa shape index (κ2) is 31.3. The van der Waals surface area contributed by atoms with E-state index in [9.17, 15) is 29.2 Å². The molecule has 1 aromatic heterocycles. The number of unbranched alkanes of at least 4 members (excludes halogenated alkanes) is 16. The van der Waals surface area contributed by atoms with E-state index in [1.54, 1.807) is 6.07 Å². The molecule has 21 heteroatoms. The summed E-state index contributed by atoms with van der Waals surface area (Å²) in [6.45, 7) is 7.51. The smallest absolute Gasteiger partial charge is 0.306 e. The van der Waals surface area contributed by atoms with Gasteiger partial charge in [-0.1, -0.05) is 89.9 Å². The lowest BCUT2D eigenvalue weighted by atomic mass is 10.0. The summed E-state index contributed by atoms with van der Waals surface area (Å²) in [6.07, 6.45) is 17.6. The van der Waals surface area contributed by atoms with Crippen LogP contribution in [0.25, 0.3) is 44.4 Å². The number of quaternary nitrogens is 1. The van der Waals surface area contributed by atoms with E-state index in [2.05, 4.69) is 46.2 Å². The molecule has 4 aromatic rings. The Morgan fingerprint density at radius 1 is 0.773 bits per heavy atom. The summed E-state index contributed by atoms with van der Waals surface area (Å²) < 4.78 is 50.4. The lowest BCUT2D eigenvalue weighted by molar-refractivity contribution is -0.383. The number of carbonyl (C=O) groups is 1. The van der Waals surface area contributed by atoms with E-state index >= 15 is 0 Å². The number of hydrogen-bond acceptors (Lipinski definition) is 18. The first-order valence-corrected chi connectivity index (χ1v) is 28.5. The molecule has 0 spiro atoms. The summed E-state index contributed by atoms with van der Waals surface area (Å²) in [5.74, 6) is 0.714. The Kier molecular flexibility index (Phi) is 24.4. The second-order valence-corrected chi connectivity index (χ2v) is 20.2. The van der Waals surface area contributed by atoms with Crippen molar-refractivity contribution in [3.63, 3.8) is 0 Å². The maximum Gasteiger partial charge on any atom is 0.306 e. The third kappa shape index (κ3) is 18.8. The van der Waals surface area contributed by atoms with E-state index in [-0.39, 0.29) is 49.4 Å². The predicted molar refractivity (Wildman–Crippen MR) is 286 cm³/mol. The third-order valence-electron chi connectivity index (χ3n) is 13.1. The Hall–Kier alpha value is -5.76. The van der Waals surface area contributed by atoms with Gasteiger partial charge in [-0.25, -0.2) is 9.61 Å². The molecule has 2 heterocycles. The number of nitro groups is 1. The van der Waals surface area contributed by atoms with Crippen molar-refractivity contribution in [3.8, 4) is 17.2 Å². The number of nitro benzene ring substituents is 1. The van der Waals surface area contributed by atoms with Crippen LogP contribution in [0.1, 0.15) is 136 Å². The van der Waals surface area contributed by atoms with Gasteiger partial charge in [0.1, 0.15) is 29.7 Å². The lowest BCUT2D eigenvalue weighted by Gasteiger charge is -2.25. The van der Waals surface area contributed by atoms with Crippen LogP contribution in [0.5, 0.6) is 5.75 Å². The highest BCUT2D eigenvalue weighted by atomic mass is 31.2. The van der Waals surface area contributed by atoms with E-state index in [0.717, 1.165) is 126 Å². The average molecular weight is 1060 g/mol. The molecule has 0 saturated heterocycles. The van der Waals surface area contributed by atoms with E-state index in [0.29, 0.717) is 65.6 Å². The molecule has 2 atom stereocenters. The zero-order chi connectivity index (χ0) is 53.3. The standard InChI is InChI=1S/C54H76N7O13P/c1-3-60(4-2)40-24-27-45-49(35-40)73-50-37-48(62)44-36-41(25-26-43(44)52(50)57-45)69-33-22-18-14-10-6-5-9-13-17-21-32-68-38-42(39-71-75(66,67)70-34-30-55)72-51(63)23-19-15-11-7-8-12-16-20-31-56-46-28-29-47(61(64)65)54-53(46)58-74-59-54/h24-29,35-37,42,56H,3-23,30-34,38-39,55H2,1-2H3,(H,66,67). The molecule has 4 N–H and O–H groups in total. The van der Waals surface area contributed by atoms with Crippen molar-refractivity contribution in [1.82, 2.24) is 15.3 Å².